The van der Waals surface area contributed by atoms with Crippen LogP contribution in [-0.4, -0.2) is 11.0 Å². The highest BCUT2D eigenvalue weighted by Crippen LogP contribution is 2.22. The second-order valence-electron chi connectivity index (χ2n) is 6.21. The van der Waals surface area contributed by atoms with Crippen LogP contribution >= 0.6 is 11.6 Å². The fourth-order valence-electron chi connectivity index (χ4n) is 2.73. The molecule has 0 fully saturated rings. The van der Waals surface area contributed by atoms with Crippen LogP contribution in [-0.2, 0) is 0 Å². The highest BCUT2D eigenvalue weighted by molar-refractivity contribution is 6.33. The summed E-state index contributed by atoms with van der Waals surface area (Å²) in [6, 6.07) is 22.5. The maximum absolute atomic E-state index is 12.9. The lowest BCUT2D eigenvalue weighted by atomic mass is 10.1. The Morgan fingerprint density at radius 3 is 2.52 bits per heavy atom. The summed E-state index contributed by atoms with van der Waals surface area (Å²) < 4.78 is 5.80. The molecular weight excluding hydrogens is 390 g/mol. The van der Waals surface area contributed by atoms with E-state index in [-0.39, 0.29) is 16.9 Å². The van der Waals surface area contributed by atoms with Crippen LogP contribution in [0, 0.1) is 0 Å². The standard InChI is InChI=1S/C22H16ClN3O3/c23-18-8-4-5-9-19(18)24-21(28)17-12-14-10-11-16(27)13-20(14)29-22(17)26-25-15-6-2-1-3-7-15/h1-13,25,27H,(H,24,28). The van der Waals surface area contributed by atoms with Crippen molar-refractivity contribution in [1.29, 1.82) is 0 Å². The molecule has 0 unspecified atom stereocenters. The van der Waals surface area contributed by atoms with Crippen LogP contribution in [0.2, 0.25) is 5.02 Å². The molecule has 29 heavy (non-hydrogen) atoms. The quantitative estimate of drug-likeness (QED) is 0.418. The number of hydrogen-bond donors (Lipinski definition) is 3. The first-order valence-electron chi connectivity index (χ1n) is 8.78. The molecule has 0 spiro atoms. The van der Waals surface area contributed by atoms with Gasteiger partial charge in [-0.05, 0) is 42.5 Å². The Kier molecular flexibility index (Phi) is 5.18. The third-order valence-electron chi connectivity index (χ3n) is 4.16. The number of carbonyl (C=O) groups excluding carboxylic acids is 1. The van der Waals surface area contributed by atoms with E-state index in [4.69, 9.17) is 16.0 Å². The third-order valence-corrected chi connectivity index (χ3v) is 4.49. The van der Waals surface area contributed by atoms with Gasteiger partial charge in [-0.1, -0.05) is 41.9 Å². The smallest absolute Gasteiger partial charge is 0.261 e. The largest absolute Gasteiger partial charge is 0.508 e. The Morgan fingerprint density at radius 2 is 1.72 bits per heavy atom. The number of fused-ring (bicyclic) bond motifs is 1. The predicted molar refractivity (Wildman–Crippen MR) is 113 cm³/mol. The van der Waals surface area contributed by atoms with E-state index < -0.39 is 5.91 Å². The zero-order chi connectivity index (χ0) is 20.2. The average molecular weight is 406 g/mol. The SMILES string of the molecule is O=C(Nc1ccccc1Cl)c1cc2ccc(O)cc2oc1=NNc1ccccc1. The van der Waals surface area contributed by atoms with Crippen molar-refractivity contribution in [3.8, 4) is 5.75 Å². The van der Waals surface area contributed by atoms with Crippen LogP contribution in [0.1, 0.15) is 10.4 Å². The summed E-state index contributed by atoms with van der Waals surface area (Å²) in [6.45, 7) is 0. The van der Waals surface area contributed by atoms with Gasteiger partial charge in [-0.2, -0.15) is 0 Å². The molecule has 0 radical (unpaired) electrons. The third kappa shape index (κ3) is 4.23. The molecule has 7 heteroatoms. The van der Waals surface area contributed by atoms with Gasteiger partial charge in [-0.25, -0.2) is 0 Å². The number of para-hydroxylation sites is 2. The number of rotatable bonds is 4. The molecule has 0 aliphatic rings. The van der Waals surface area contributed by atoms with Crippen molar-refractivity contribution in [3.05, 3.63) is 95.0 Å². The number of halogens is 1. The van der Waals surface area contributed by atoms with Gasteiger partial charge in [0, 0.05) is 11.5 Å². The number of amides is 1. The van der Waals surface area contributed by atoms with Gasteiger partial charge < -0.3 is 14.8 Å². The van der Waals surface area contributed by atoms with Gasteiger partial charge in [0.25, 0.3) is 5.91 Å². The molecule has 3 aromatic carbocycles. The molecule has 1 amide bonds. The Balaban J connectivity index is 1.79. The molecule has 0 atom stereocenters. The summed E-state index contributed by atoms with van der Waals surface area (Å²) in [7, 11) is 0. The number of anilines is 2. The van der Waals surface area contributed by atoms with Crippen LogP contribution in [0.5, 0.6) is 5.75 Å². The molecule has 0 aliphatic heterocycles. The van der Waals surface area contributed by atoms with Gasteiger partial charge in [0.15, 0.2) is 0 Å². The highest BCUT2D eigenvalue weighted by atomic mass is 35.5. The molecule has 1 heterocycles. The molecule has 0 bridgehead atoms. The van der Waals surface area contributed by atoms with Crippen molar-refractivity contribution < 1.29 is 14.3 Å². The fraction of sp³-hybridized carbons (Fsp3) is 0. The first-order chi connectivity index (χ1) is 14.1. The van der Waals surface area contributed by atoms with Gasteiger partial charge in [0.1, 0.15) is 16.9 Å². The number of phenolic OH excluding ortho intramolecular Hbond substituents is 1. The van der Waals surface area contributed by atoms with Crippen LogP contribution in [0.25, 0.3) is 11.0 Å². The average Bonchev–Trinajstić information content (AvgIpc) is 2.74. The topological polar surface area (TPSA) is 86.9 Å². The Bertz CT molecular complexity index is 1250. The number of phenols is 1. The van der Waals surface area contributed by atoms with Gasteiger partial charge in [-0.15, -0.1) is 5.10 Å². The Morgan fingerprint density at radius 1 is 0.966 bits per heavy atom. The van der Waals surface area contributed by atoms with E-state index in [0.29, 0.717) is 21.7 Å². The van der Waals surface area contributed by atoms with Crippen LogP contribution < -0.4 is 16.3 Å². The molecule has 0 aliphatic carbocycles. The number of hydrogen-bond acceptors (Lipinski definition) is 5. The number of aromatic hydroxyl groups is 1. The fourth-order valence-corrected chi connectivity index (χ4v) is 2.92. The zero-order valence-electron chi connectivity index (χ0n) is 15.1. The van der Waals surface area contributed by atoms with E-state index in [1.54, 1.807) is 36.4 Å². The Hall–Kier alpha value is -3.77. The van der Waals surface area contributed by atoms with Crippen molar-refractivity contribution in [1.82, 2.24) is 0 Å². The van der Waals surface area contributed by atoms with Crippen molar-refractivity contribution in [2.75, 3.05) is 10.7 Å². The van der Waals surface area contributed by atoms with Gasteiger partial charge >= 0.3 is 0 Å². The predicted octanol–water partition coefficient (Wildman–Crippen LogP) is 4.97. The lowest BCUT2D eigenvalue weighted by Crippen LogP contribution is -2.22. The molecular formula is C22H16ClN3O3. The Labute approximate surface area is 171 Å². The van der Waals surface area contributed by atoms with Gasteiger partial charge in [0.2, 0.25) is 5.55 Å². The molecule has 0 saturated carbocycles. The lowest BCUT2D eigenvalue weighted by molar-refractivity contribution is 0.102. The summed E-state index contributed by atoms with van der Waals surface area (Å²) in [5, 5.41) is 17.8. The minimum absolute atomic E-state index is 0.0523. The van der Waals surface area contributed by atoms with Crippen molar-refractivity contribution in [2.24, 2.45) is 5.10 Å². The summed E-state index contributed by atoms with van der Waals surface area (Å²) in [6.07, 6.45) is 0. The first kappa shape index (κ1) is 18.6. The second-order valence-corrected chi connectivity index (χ2v) is 6.62. The van der Waals surface area contributed by atoms with Gasteiger partial charge in [-0.3, -0.25) is 10.2 Å². The van der Waals surface area contributed by atoms with Crippen molar-refractivity contribution in [3.63, 3.8) is 0 Å². The highest BCUT2D eigenvalue weighted by Gasteiger charge is 2.14. The second kappa shape index (κ2) is 8.08. The maximum Gasteiger partial charge on any atom is 0.261 e. The van der Waals surface area contributed by atoms with E-state index in [1.807, 2.05) is 30.3 Å². The minimum atomic E-state index is -0.426. The number of nitrogens with zero attached hydrogens (tertiary/aromatic N) is 1. The van der Waals surface area contributed by atoms with E-state index >= 15 is 0 Å². The molecule has 1 aromatic heterocycles. The molecule has 4 rings (SSSR count). The number of carbonyl (C=O) groups is 1. The lowest BCUT2D eigenvalue weighted by Gasteiger charge is -2.08. The van der Waals surface area contributed by atoms with Crippen LogP contribution in [0.4, 0.5) is 11.4 Å². The number of nitrogens with one attached hydrogen (secondary N) is 2. The van der Waals surface area contributed by atoms with Crippen LogP contribution in [0.3, 0.4) is 0 Å². The molecule has 144 valence electrons. The first-order valence-corrected chi connectivity index (χ1v) is 9.15. The molecule has 6 nitrogen and oxygen atoms in total. The summed E-state index contributed by atoms with van der Waals surface area (Å²) in [5.41, 5.74) is 4.76. The number of benzene rings is 3. The summed E-state index contributed by atoms with van der Waals surface area (Å²) in [5.74, 6) is -0.373. The van der Waals surface area contributed by atoms with Crippen molar-refractivity contribution >= 4 is 39.9 Å². The van der Waals surface area contributed by atoms with E-state index in [9.17, 15) is 9.90 Å². The van der Waals surface area contributed by atoms with E-state index in [2.05, 4.69) is 15.8 Å². The van der Waals surface area contributed by atoms with Gasteiger partial charge in [0.05, 0.1) is 16.4 Å². The summed E-state index contributed by atoms with van der Waals surface area (Å²) >= 11 is 6.15. The molecule has 0 saturated heterocycles. The minimum Gasteiger partial charge on any atom is -0.508 e. The van der Waals surface area contributed by atoms with E-state index in [1.165, 1.54) is 12.1 Å². The maximum atomic E-state index is 12.9. The van der Waals surface area contributed by atoms with Crippen LogP contribution in [0.15, 0.2) is 88.4 Å². The monoisotopic (exact) mass is 405 g/mol. The molecule has 4 aromatic rings. The summed E-state index contributed by atoms with van der Waals surface area (Å²) in [4.78, 5) is 12.9. The zero-order valence-corrected chi connectivity index (χ0v) is 15.9. The van der Waals surface area contributed by atoms with E-state index in [0.717, 1.165) is 5.69 Å². The normalized spacial score (nSPS) is 11.4. The molecule has 3 N–H and O–H groups in total. The van der Waals surface area contributed by atoms with Crippen molar-refractivity contribution in [2.45, 2.75) is 0 Å².